The van der Waals surface area contributed by atoms with Crippen molar-refractivity contribution in [3.8, 4) is 0 Å². The van der Waals surface area contributed by atoms with Crippen LogP contribution >= 0.6 is 0 Å². The topological polar surface area (TPSA) is 12.0 Å². The van der Waals surface area contributed by atoms with E-state index in [2.05, 4.69) is 35.6 Å². The number of nitrogens with one attached hydrogen (secondary N) is 1. The predicted octanol–water partition coefficient (Wildman–Crippen LogP) is 0.113. The zero-order chi connectivity index (χ0) is 9.64. The van der Waals surface area contributed by atoms with Crippen LogP contribution in [0.2, 0.25) is 0 Å². The Labute approximate surface area is 98.7 Å². The molecule has 1 fully saturated rings. The summed E-state index contributed by atoms with van der Waals surface area (Å²) in [4.78, 5) is 0. The molecule has 1 nitrogen and oxygen atoms in total. The van der Waals surface area contributed by atoms with Crippen LogP contribution < -0.4 is 17.7 Å². The fourth-order valence-corrected chi connectivity index (χ4v) is 2.16. The van der Waals surface area contributed by atoms with Crippen LogP contribution in [0.15, 0.2) is 30.3 Å². The van der Waals surface area contributed by atoms with Crippen molar-refractivity contribution >= 4 is 0 Å². The molecule has 0 aromatic heterocycles. The van der Waals surface area contributed by atoms with Gasteiger partial charge in [0.05, 0.1) is 0 Å². The maximum absolute atomic E-state index is 3.64. The molecular formula is C13H19ClN-. The van der Waals surface area contributed by atoms with E-state index in [1.54, 1.807) is 0 Å². The van der Waals surface area contributed by atoms with Crippen LogP contribution in [0.25, 0.3) is 0 Å². The van der Waals surface area contributed by atoms with E-state index < -0.39 is 0 Å². The van der Waals surface area contributed by atoms with Crippen LogP contribution in [0.4, 0.5) is 0 Å². The van der Waals surface area contributed by atoms with E-state index >= 15 is 0 Å². The first-order valence-corrected chi connectivity index (χ1v) is 5.72. The second-order valence-electron chi connectivity index (χ2n) is 4.20. The molecule has 0 saturated heterocycles. The molecule has 2 heteroatoms. The van der Waals surface area contributed by atoms with Crippen molar-refractivity contribution in [2.75, 3.05) is 0 Å². The minimum Gasteiger partial charge on any atom is -1.00 e. The van der Waals surface area contributed by atoms with Crippen molar-refractivity contribution in [2.45, 2.75) is 44.7 Å². The Bertz CT molecular complexity index is 254. The lowest BCUT2D eigenvalue weighted by Crippen LogP contribution is -3.00. The van der Waals surface area contributed by atoms with Gasteiger partial charge >= 0.3 is 0 Å². The van der Waals surface area contributed by atoms with Crippen molar-refractivity contribution in [1.82, 2.24) is 5.32 Å². The number of benzene rings is 1. The second kappa shape index (κ2) is 6.86. The second-order valence-corrected chi connectivity index (χ2v) is 4.20. The standard InChI is InChI=1S/C13H19N.ClH/c1-3-7-12(8-4-1)11-14-13-9-5-2-6-10-13;/h1,3-4,7-8,13-14H,2,5-6,9-11H2;1H/p-1. The van der Waals surface area contributed by atoms with Gasteiger partial charge < -0.3 is 17.7 Å². The van der Waals surface area contributed by atoms with Gasteiger partial charge in [-0.2, -0.15) is 0 Å². The highest BCUT2D eigenvalue weighted by atomic mass is 35.5. The summed E-state index contributed by atoms with van der Waals surface area (Å²) in [5.74, 6) is 0. The molecule has 0 spiro atoms. The Morgan fingerprint density at radius 1 is 1.00 bits per heavy atom. The lowest BCUT2D eigenvalue weighted by Gasteiger charge is -2.22. The maximum atomic E-state index is 3.64. The molecule has 2 rings (SSSR count). The SMILES string of the molecule is [Cl-].c1ccc(CNC2CCCCC2)cc1. The molecule has 0 bridgehead atoms. The van der Waals surface area contributed by atoms with Gasteiger partial charge in [0.15, 0.2) is 0 Å². The van der Waals surface area contributed by atoms with Gasteiger partial charge in [-0.15, -0.1) is 0 Å². The average molecular weight is 225 g/mol. The monoisotopic (exact) mass is 224 g/mol. The summed E-state index contributed by atoms with van der Waals surface area (Å²) in [7, 11) is 0. The third kappa shape index (κ3) is 4.23. The first-order chi connectivity index (χ1) is 6.95. The molecule has 0 unspecified atom stereocenters. The number of hydrogen-bond acceptors (Lipinski definition) is 1. The first kappa shape index (κ1) is 12.5. The molecule has 0 radical (unpaired) electrons. The molecule has 1 aromatic rings. The van der Waals surface area contributed by atoms with Crippen LogP contribution in [0, 0.1) is 0 Å². The lowest BCUT2D eigenvalue weighted by atomic mass is 9.95. The fraction of sp³-hybridized carbons (Fsp3) is 0.538. The Morgan fingerprint density at radius 2 is 1.67 bits per heavy atom. The molecule has 1 N–H and O–H groups in total. The first-order valence-electron chi connectivity index (χ1n) is 5.72. The van der Waals surface area contributed by atoms with Crippen molar-refractivity contribution in [2.24, 2.45) is 0 Å². The Morgan fingerprint density at radius 3 is 2.33 bits per heavy atom. The summed E-state index contributed by atoms with van der Waals surface area (Å²) in [6.45, 7) is 1.03. The van der Waals surface area contributed by atoms with Crippen LogP contribution in [0.3, 0.4) is 0 Å². The number of halogens is 1. The Hall–Kier alpha value is -0.530. The van der Waals surface area contributed by atoms with Crippen LogP contribution in [-0.2, 0) is 6.54 Å². The fourth-order valence-electron chi connectivity index (χ4n) is 2.16. The van der Waals surface area contributed by atoms with Gasteiger partial charge in [0.25, 0.3) is 0 Å². The summed E-state index contributed by atoms with van der Waals surface area (Å²) in [6, 6.07) is 11.4. The zero-order valence-corrected chi connectivity index (χ0v) is 9.84. The van der Waals surface area contributed by atoms with Crippen molar-refractivity contribution < 1.29 is 12.4 Å². The van der Waals surface area contributed by atoms with E-state index in [0.29, 0.717) is 0 Å². The smallest absolute Gasteiger partial charge is 0.0208 e. The van der Waals surface area contributed by atoms with Crippen molar-refractivity contribution in [3.63, 3.8) is 0 Å². The molecule has 0 amide bonds. The predicted molar refractivity (Wildman–Crippen MR) is 60.2 cm³/mol. The maximum Gasteiger partial charge on any atom is 0.0208 e. The van der Waals surface area contributed by atoms with Crippen LogP contribution in [-0.4, -0.2) is 6.04 Å². The summed E-state index contributed by atoms with van der Waals surface area (Å²) in [5, 5.41) is 3.64. The molecule has 1 aliphatic carbocycles. The third-order valence-electron chi connectivity index (χ3n) is 3.04. The van der Waals surface area contributed by atoms with Gasteiger partial charge in [0.2, 0.25) is 0 Å². The van der Waals surface area contributed by atoms with Gasteiger partial charge in [0, 0.05) is 12.6 Å². The van der Waals surface area contributed by atoms with Crippen LogP contribution in [0.5, 0.6) is 0 Å². The van der Waals surface area contributed by atoms with E-state index in [0.717, 1.165) is 12.6 Å². The highest BCUT2D eigenvalue weighted by Gasteiger charge is 2.11. The van der Waals surface area contributed by atoms with Gasteiger partial charge in [0.1, 0.15) is 0 Å². The van der Waals surface area contributed by atoms with E-state index in [9.17, 15) is 0 Å². The minimum absolute atomic E-state index is 0. The molecule has 0 atom stereocenters. The molecule has 1 aliphatic rings. The van der Waals surface area contributed by atoms with E-state index in [1.165, 1.54) is 37.7 Å². The van der Waals surface area contributed by atoms with E-state index in [4.69, 9.17) is 0 Å². The molecular weight excluding hydrogens is 206 g/mol. The largest absolute Gasteiger partial charge is 1.00 e. The zero-order valence-electron chi connectivity index (χ0n) is 9.08. The third-order valence-corrected chi connectivity index (χ3v) is 3.04. The van der Waals surface area contributed by atoms with E-state index in [-0.39, 0.29) is 12.4 Å². The van der Waals surface area contributed by atoms with Crippen molar-refractivity contribution in [3.05, 3.63) is 35.9 Å². The molecule has 1 saturated carbocycles. The van der Waals surface area contributed by atoms with E-state index in [1.807, 2.05) is 0 Å². The molecule has 15 heavy (non-hydrogen) atoms. The minimum atomic E-state index is 0. The van der Waals surface area contributed by atoms with Crippen LogP contribution in [0.1, 0.15) is 37.7 Å². The summed E-state index contributed by atoms with van der Waals surface area (Å²) in [6.07, 6.45) is 6.99. The van der Waals surface area contributed by atoms with Gasteiger partial charge in [-0.25, -0.2) is 0 Å². The molecule has 84 valence electrons. The Balaban J connectivity index is 0.00000112. The highest BCUT2D eigenvalue weighted by molar-refractivity contribution is 5.14. The average Bonchev–Trinajstić information content (AvgIpc) is 2.29. The summed E-state index contributed by atoms with van der Waals surface area (Å²) in [5.41, 5.74) is 1.40. The summed E-state index contributed by atoms with van der Waals surface area (Å²) >= 11 is 0. The molecule has 0 aliphatic heterocycles. The van der Waals surface area contributed by atoms with Gasteiger partial charge in [-0.3, -0.25) is 0 Å². The number of hydrogen-bond donors (Lipinski definition) is 1. The molecule has 0 heterocycles. The van der Waals surface area contributed by atoms with Crippen molar-refractivity contribution in [1.29, 1.82) is 0 Å². The Kier molecular flexibility index (Phi) is 5.74. The normalized spacial score (nSPS) is 17.1. The highest BCUT2D eigenvalue weighted by Crippen LogP contribution is 2.17. The lowest BCUT2D eigenvalue weighted by molar-refractivity contribution is -0.00000298. The number of rotatable bonds is 3. The molecule has 1 aromatic carbocycles. The van der Waals surface area contributed by atoms with Gasteiger partial charge in [-0.05, 0) is 18.4 Å². The summed E-state index contributed by atoms with van der Waals surface area (Å²) < 4.78 is 0. The quantitative estimate of drug-likeness (QED) is 0.769. The van der Waals surface area contributed by atoms with Gasteiger partial charge in [-0.1, -0.05) is 49.6 Å².